The van der Waals surface area contributed by atoms with Crippen molar-refractivity contribution in [1.82, 2.24) is 10.1 Å². The Labute approximate surface area is 135 Å². The minimum atomic E-state index is 0.309. The lowest BCUT2D eigenvalue weighted by Crippen LogP contribution is -1.89. The Morgan fingerprint density at radius 1 is 0.905 bits per heavy atom. The van der Waals surface area contributed by atoms with Crippen LogP contribution in [0, 0.1) is 0 Å². The molecule has 0 atom stereocenters. The van der Waals surface area contributed by atoms with Gasteiger partial charge in [-0.3, -0.25) is 0 Å². The van der Waals surface area contributed by atoms with Gasteiger partial charge in [0.05, 0.1) is 15.7 Å². The van der Waals surface area contributed by atoms with Crippen LogP contribution in [0.1, 0.15) is 0 Å². The minimum Gasteiger partial charge on any atom is -0.396 e. The molecule has 0 aliphatic rings. The van der Waals surface area contributed by atoms with Crippen LogP contribution in [0.5, 0.6) is 0 Å². The fourth-order valence-electron chi connectivity index (χ4n) is 1.76. The number of rotatable bonds is 2. The van der Waals surface area contributed by atoms with Gasteiger partial charge in [0.15, 0.2) is 0 Å². The normalized spacial score (nSPS) is 10.8. The first-order chi connectivity index (χ1) is 10.0. The summed E-state index contributed by atoms with van der Waals surface area (Å²) in [5.74, 6) is 0.759. The maximum Gasteiger partial charge on any atom is 0.258 e. The quantitative estimate of drug-likeness (QED) is 0.671. The molecule has 0 radical (unpaired) electrons. The van der Waals surface area contributed by atoms with Crippen molar-refractivity contribution >= 4 is 40.5 Å². The summed E-state index contributed by atoms with van der Waals surface area (Å²) in [7, 11) is 0. The number of nitrogens with zero attached hydrogens (tertiary/aromatic N) is 2. The second-order valence-corrected chi connectivity index (χ2v) is 5.53. The van der Waals surface area contributed by atoms with E-state index >= 15 is 0 Å². The van der Waals surface area contributed by atoms with Gasteiger partial charge in [-0.05, 0) is 36.4 Å². The lowest BCUT2D eigenvalue weighted by atomic mass is 10.2. The number of anilines is 1. The number of halogens is 3. The molecule has 1 heterocycles. The highest BCUT2D eigenvalue weighted by Gasteiger charge is 2.13. The molecule has 3 rings (SSSR count). The molecule has 0 unspecified atom stereocenters. The molecule has 2 N–H and O–H groups in total. The van der Waals surface area contributed by atoms with E-state index in [4.69, 9.17) is 45.1 Å². The third-order valence-corrected chi connectivity index (χ3v) is 3.73. The van der Waals surface area contributed by atoms with E-state index in [0.717, 1.165) is 5.56 Å². The highest BCUT2D eigenvalue weighted by atomic mass is 35.5. The summed E-state index contributed by atoms with van der Waals surface area (Å²) in [6.45, 7) is 0. The van der Waals surface area contributed by atoms with Crippen molar-refractivity contribution in [2.45, 2.75) is 0 Å². The van der Waals surface area contributed by atoms with Crippen molar-refractivity contribution in [2.75, 3.05) is 5.73 Å². The van der Waals surface area contributed by atoms with Gasteiger partial charge >= 0.3 is 0 Å². The van der Waals surface area contributed by atoms with Gasteiger partial charge in [0.2, 0.25) is 5.82 Å². The van der Waals surface area contributed by atoms with Gasteiger partial charge in [-0.25, -0.2) is 0 Å². The topological polar surface area (TPSA) is 64.9 Å². The molecule has 0 spiro atoms. The van der Waals surface area contributed by atoms with E-state index in [0.29, 0.717) is 38.0 Å². The molecule has 0 bridgehead atoms. The molecule has 1 aromatic heterocycles. The molecule has 3 aromatic rings. The number of aromatic nitrogens is 2. The van der Waals surface area contributed by atoms with E-state index in [1.807, 2.05) is 0 Å². The van der Waals surface area contributed by atoms with Crippen molar-refractivity contribution in [2.24, 2.45) is 0 Å². The fourth-order valence-corrected chi connectivity index (χ4v) is 2.38. The number of nitrogen functional groups attached to an aromatic ring is 1. The van der Waals surface area contributed by atoms with Crippen LogP contribution >= 0.6 is 34.8 Å². The van der Waals surface area contributed by atoms with E-state index in [9.17, 15) is 0 Å². The van der Waals surface area contributed by atoms with Crippen LogP contribution < -0.4 is 5.73 Å². The Balaban J connectivity index is 2.00. The molecule has 0 amide bonds. The van der Waals surface area contributed by atoms with Crippen LogP contribution in [0.4, 0.5) is 5.69 Å². The van der Waals surface area contributed by atoms with Gasteiger partial charge < -0.3 is 10.3 Å². The zero-order chi connectivity index (χ0) is 15.0. The summed E-state index contributed by atoms with van der Waals surface area (Å²) in [6, 6.07) is 10.4. The monoisotopic (exact) mass is 339 g/mol. The second kappa shape index (κ2) is 5.56. The molecular formula is C14H8Cl3N3O. The van der Waals surface area contributed by atoms with Crippen molar-refractivity contribution in [1.29, 1.82) is 0 Å². The van der Waals surface area contributed by atoms with Crippen molar-refractivity contribution in [3.8, 4) is 22.8 Å². The Bertz CT molecular complexity index is 776. The highest BCUT2D eigenvalue weighted by molar-refractivity contribution is 6.39. The Hall–Kier alpha value is -1.75. The number of nitrogens with two attached hydrogens (primary N) is 1. The molecule has 21 heavy (non-hydrogen) atoms. The van der Waals surface area contributed by atoms with Crippen molar-refractivity contribution in [3.63, 3.8) is 0 Å². The molecule has 4 nitrogen and oxygen atoms in total. The predicted octanol–water partition coefficient (Wildman–Crippen LogP) is 4.95. The first-order valence-corrected chi connectivity index (χ1v) is 7.02. The standard InChI is InChI=1S/C14H8Cl3N3O/c15-9-3-1-7(2-4-9)13-19-14(21-20-13)8-5-10(16)12(18)11(17)6-8/h1-6H,18H2. The zero-order valence-corrected chi connectivity index (χ0v) is 12.7. The largest absolute Gasteiger partial charge is 0.396 e. The summed E-state index contributed by atoms with van der Waals surface area (Å²) < 4.78 is 5.23. The van der Waals surface area contributed by atoms with Gasteiger partial charge in [0.1, 0.15) is 0 Å². The summed E-state index contributed by atoms with van der Waals surface area (Å²) >= 11 is 17.8. The summed E-state index contributed by atoms with van der Waals surface area (Å²) in [6.07, 6.45) is 0. The molecule has 0 aliphatic heterocycles. The average molecular weight is 341 g/mol. The van der Waals surface area contributed by atoms with Gasteiger partial charge in [0, 0.05) is 16.1 Å². The molecule has 0 saturated heterocycles. The second-order valence-electron chi connectivity index (χ2n) is 4.28. The van der Waals surface area contributed by atoms with Crippen LogP contribution in [0.25, 0.3) is 22.8 Å². The molecule has 0 fully saturated rings. The SMILES string of the molecule is Nc1c(Cl)cc(-c2nc(-c3ccc(Cl)cc3)no2)cc1Cl. The summed E-state index contributed by atoms with van der Waals surface area (Å²) in [4.78, 5) is 4.31. The van der Waals surface area contributed by atoms with Crippen molar-refractivity contribution in [3.05, 3.63) is 51.5 Å². The molecule has 7 heteroatoms. The van der Waals surface area contributed by atoms with E-state index < -0.39 is 0 Å². The molecule has 0 aliphatic carbocycles. The Kier molecular flexibility index (Phi) is 3.76. The zero-order valence-electron chi connectivity index (χ0n) is 10.5. The van der Waals surface area contributed by atoms with E-state index in [2.05, 4.69) is 10.1 Å². The molecule has 0 saturated carbocycles. The number of benzene rings is 2. The smallest absolute Gasteiger partial charge is 0.258 e. The van der Waals surface area contributed by atoms with Crippen LogP contribution in [0.15, 0.2) is 40.9 Å². The van der Waals surface area contributed by atoms with Gasteiger partial charge in [-0.1, -0.05) is 40.0 Å². The van der Waals surface area contributed by atoms with Crippen molar-refractivity contribution < 1.29 is 4.52 Å². The lowest BCUT2D eigenvalue weighted by molar-refractivity contribution is 0.432. The van der Waals surface area contributed by atoms with E-state index in [1.165, 1.54) is 0 Å². The number of hydrogen-bond donors (Lipinski definition) is 1. The first kappa shape index (κ1) is 14.2. The van der Waals surface area contributed by atoms with Gasteiger partial charge in [0.25, 0.3) is 5.89 Å². The predicted molar refractivity (Wildman–Crippen MR) is 84.6 cm³/mol. The third kappa shape index (κ3) is 2.83. The maximum absolute atomic E-state index is 6.00. The highest BCUT2D eigenvalue weighted by Crippen LogP contribution is 2.33. The summed E-state index contributed by atoms with van der Waals surface area (Å²) in [5, 5.41) is 5.24. The minimum absolute atomic E-state index is 0.309. The average Bonchev–Trinajstić information content (AvgIpc) is 2.95. The molecular weight excluding hydrogens is 333 g/mol. The Morgan fingerprint density at radius 3 is 2.14 bits per heavy atom. The van der Waals surface area contributed by atoms with E-state index in [1.54, 1.807) is 36.4 Å². The van der Waals surface area contributed by atoms with Crippen LogP contribution in [0.2, 0.25) is 15.1 Å². The van der Waals surface area contributed by atoms with E-state index in [-0.39, 0.29) is 0 Å². The third-order valence-electron chi connectivity index (χ3n) is 2.85. The fraction of sp³-hybridized carbons (Fsp3) is 0. The Morgan fingerprint density at radius 2 is 1.52 bits per heavy atom. The van der Waals surface area contributed by atoms with Crippen LogP contribution in [-0.2, 0) is 0 Å². The molecule has 106 valence electrons. The lowest BCUT2D eigenvalue weighted by Gasteiger charge is -2.02. The first-order valence-electron chi connectivity index (χ1n) is 5.89. The number of hydrogen-bond acceptors (Lipinski definition) is 4. The molecule has 2 aromatic carbocycles. The van der Waals surface area contributed by atoms with Gasteiger partial charge in [-0.15, -0.1) is 0 Å². The van der Waals surface area contributed by atoms with Crippen LogP contribution in [-0.4, -0.2) is 10.1 Å². The maximum atomic E-state index is 6.00. The van der Waals surface area contributed by atoms with Gasteiger partial charge in [-0.2, -0.15) is 4.98 Å². The summed E-state index contributed by atoms with van der Waals surface area (Å²) in [5.41, 5.74) is 7.41. The van der Waals surface area contributed by atoms with Crippen LogP contribution in [0.3, 0.4) is 0 Å².